The first-order valence-corrected chi connectivity index (χ1v) is 5.95. The average molecular weight is 277 g/mol. The van der Waals surface area contributed by atoms with Gasteiger partial charge in [-0.05, 0) is 18.7 Å². The van der Waals surface area contributed by atoms with Crippen LogP contribution in [0.3, 0.4) is 0 Å². The van der Waals surface area contributed by atoms with Gasteiger partial charge in [0.1, 0.15) is 11.1 Å². The van der Waals surface area contributed by atoms with Gasteiger partial charge in [-0.25, -0.2) is 14.8 Å². The largest absolute Gasteiger partial charge is 0.459 e. The van der Waals surface area contributed by atoms with Gasteiger partial charge >= 0.3 is 11.9 Å². The van der Waals surface area contributed by atoms with Crippen molar-refractivity contribution in [3.05, 3.63) is 24.0 Å². The Labute approximate surface area is 111 Å². The van der Waals surface area contributed by atoms with Gasteiger partial charge in [-0.2, -0.15) is 5.26 Å². The van der Waals surface area contributed by atoms with Crippen molar-refractivity contribution in [3.8, 4) is 6.07 Å². The molecule has 0 aliphatic heterocycles. The van der Waals surface area contributed by atoms with Crippen LogP contribution < -0.4 is 0 Å². The standard InChI is InChI=1S/C10H7N5O3S/c1-2-17-9(16)8-14-15-10(18-8)19-7-5-12-6(3-11)4-13-7/h4-5H,2H2,1H3. The summed E-state index contributed by atoms with van der Waals surface area (Å²) in [5.74, 6) is -0.890. The third-order valence-corrected chi connectivity index (χ3v) is 2.55. The number of hydrogen-bond acceptors (Lipinski definition) is 9. The first-order valence-electron chi connectivity index (χ1n) is 5.13. The van der Waals surface area contributed by atoms with Gasteiger partial charge in [0, 0.05) is 0 Å². The third kappa shape index (κ3) is 3.26. The lowest BCUT2D eigenvalue weighted by Gasteiger charge is -1.95. The van der Waals surface area contributed by atoms with Gasteiger partial charge in [-0.3, -0.25) is 0 Å². The highest BCUT2D eigenvalue weighted by Gasteiger charge is 2.16. The van der Waals surface area contributed by atoms with E-state index in [-0.39, 0.29) is 23.4 Å². The van der Waals surface area contributed by atoms with Crippen LogP contribution in [-0.2, 0) is 4.74 Å². The number of carbonyl (C=O) groups is 1. The fraction of sp³-hybridized carbons (Fsp3) is 0.200. The fourth-order valence-electron chi connectivity index (χ4n) is 1.04. The molecule has 0 atom stereocenters. The maximum atomic E-state index is 11.3. The number of ether oxygens (including phenoxy) is 1. The van der Waals surface area contributed by atoms with Crippen molar-refractivity contribution in [2.75, 3.05) is 6.61 Å². The van der Waals surface area contributed by atoms with Crippen LogP contribution in [0.1, 0.15) is 23.3 Å². The minimum absolute atomic E-state index is 0.141. The molecule has 2 aromatic rings. The van der Waals surface area contributed by atoms with Gasteiger partial charge in [-0.15, -0.1) is 5.10 Å². The third-order valence-electron chi connectivity index (χ3n) is 1.79. The lowest BCUT2D eigenvalue weighted by molar-refractivity contribution is 0.0475. The monoisotopic (exact) mass is 277 g/mol. The molecule has 0 radical (unpaired) electrons. The molecule has 8 nitrogen and oxygen atoms in total. The van der Waals surface area contributed by atoms with Crippen molar-refractivity contribution < 1.29 is 13.9 Å². The van der Waals surface area contributed by atoms with Crippen molar-refractivity contribution in [2.45, 2.75) is 17.2 Å². The molecule has 0 bridgehead atoms. The summed E-state index contributed by atoms with van der Waals surface area (Å²) in [5.41, 5.74) is 0.210. The van der Waals surface area contributed by atoms with Crippen LogP contribution in [0.15, 0.2) is 27.1 Å². The molecule has 2 rings (SSSR count). The van der Waals surface area contributed by atoms with E-state index < -0.39 is 5.97 Å². The Morgan fingerprint density at radius 2 is 2.32 bits per heavy atom. The van der Waals surface area contributed by atoms with E-state index in [2.05, 4.69) is 20.2 Å². The molecule has 0 fully saturated rings. The highest BCUT2D eigenvalue weighted by molar-refractivity contribution is 7.99. The maximum absolute atomic E-state index is 11.3. The van der Waals surface area contributed by atoms with Crippen molar-refractivity contribution in [1.29, 1.82) is 5.26 Å². The number of hydrogen-bond donors (Lipinski definition) is 0. The van der Waals surface area contributed by atoms with Gasteiger partial charge in [0.2, 0.25) is 0 Å². The van der Waals surface area contributed by atoms with E-state index in [0.717, 1.165) is 11.8 Å². The molecule has 2 aromatic heterocycles. The summed E-state index contributed by atoms with van der Waals surface area (Å²) in [5, 5.41) is 16.4. The Kier molecular flexibility index (Phi) is 4.04. The smallest absolute Gasteiger partial charge is 0.396 e. The maximum Gasteiger partial charge on any atom is 0.396 e. The summed E-state index contributed by atoms with van der Waals surface area (Å²) in [7, 11) is 0. The summed E-state index contributed by atoms with van der Waals surface area (Å²) in [6.07, 6.45) is 2.72. The number of nitrogens with zero attached hydrogens (tertiary/aromatic N) is 5. The minimum Gasteiger partial charge on any atom is -0.459 e. The highest BCUT2D eigenvalue weighted by atomic mass is 32.2. The zero-order chi connectivity index (χ0) is 13.7. The summed E-state index contributed by atoms with van der Waals surface area (Å²) in [6.45, 7) is 1.90. The van der Waals surface area contributed by atoms with Crippen molar-refractivity contribution in [3.63, 3.8) is 0 Å². The molecule has 0 unspecified atom stereocenters. The molecule has 0 saturated carbocycles. The van der Waals surface area contributed by atoms with Gasteiger partial charge in [0.15, 0.2) is 5.69 Å². The van der Waals surface area contributed by atoms with Crippen LogP contribution >= 0.6 is 11.8 Å². The number of carbonyl (C=O) groups excluding carboxylic acids is 1. The SMILES string of the molecule is CCOC(=O)c1nnc(Sc2cnc(C#N)cn2)o1. The van der Waals surface area contributed by atoms with Crippen LogP contribution in [0.5, 0.6) is 0 Å². The van der Waals surface area contributed by atoms with Crippen molar-refractivity contribution >= 4 is 17.7 Å². The van der Waals surface area contributed by atoms with Crippen molar-refractivity contribution in [2.24, 2.45) is 0 Å². The predicted molar refractivity (Wildman–Crippen MR) is 61.1 cm³/mol. The lowest BCUT2D eigenvalue weighted by atomic mass is 10.5. The van der Waals surface area contributed by atoms with Gasteiger partial charge in [0.05, 0.1) is 19.0 Å². The second-order valence-corrected chi connectivity index (χ2v) is 4.02. The zero-order valence-electron chi connectivity index (χ0n) is 9.73. The Hall–Kier alpha value is -2.47. The highest BCUT2D eigenvalue weighted by Crippen LogP contribution is 2.23. The Bertz CT molecular complexity index is 619. The molecule has 0 aromatic carbocycles. The first kappa shape index (κ1) is 13.0. The predicted octanol–water partition coefficient (Wildman–Crippen LogP) is 1.06. The van der Waals surface area contributed by atoms with E-state index in [1.807, 2.05) is 6.07 Å². The zero-order valence-corrected chi connectivity index (χ0v) is 10.5. The molecular formula is C10H7N5O3S. The van der Waals surface area contributed by atoms with E-state index in [1.165, 1.54) is 12.4 Å². The second-order valence-electron chi connectivity index (χ2n) is 3.05. The molecule has 0 amide bonds. The van der Waals surface area contributed by atoms with Crippen LogP contribution in [0.4, 0.5) is 0 Å². The molecule has 96 valence electrons. The lowest BCUT2D eigenvalue weighted by Crippen LogP contribution is -2.04. The topological polar surface area (TPSA) is 115 Å². The Balaban J connectivity index is 2.07. The van der Waals surface area contributed by atoms with Crippen LogP contribution in [-0.4, -0.2) is 32.7 Å². The summed E-state index contributed by atoms with van der Waals surface area (Å²) >= 11 is 1.03. The molecule has 0 saturated heterocycles. The summed E-state index contributed by atoms with van der Waals surface area (Å²) in [6, 6.07) is 1.86. The molecule has 0 N–H and O–H groups in total. The first-order chi connectivity index (χ1) is 9.22. The molecule has 0 spiro atoms. The van der Waals surface area contributed by atoms with Gasteiger partial charge in [0.25, 0.3) is 5.22 Å². The molecule has 2 heterocycles. The number of aromatic nitrogens is 4. The number of esters is 1. The summed E-state index contributed by atoms with van der Waals surface area (Å²) < 4.78 is 9.81. The molecule has 0 aliphatic rings. The van der Waals surface area contributed by atoms with E-state index in [9.17, 15) is 4.79 Å². The number of nitriles is 1. The fourth-order valence-corrected chi connectivity index (χ4v) is 1.63. The normalized spacial score (nSPS) is 9.89. The van der Waals surface area contributed by atoms with E-state index in [1.54, 1.807) is 6.92 Å². The Morgan fingerprint density at radius 3 is 2.95 bits per heavy atom. The molecular weight excluding hydrogens is 270 g/mol. The second kappa shape index (κ2) is 5.92. The number of rotatable bonds is 4. The van der Waals surface area contributed by atoms with E-state index in [4.69, 9.17) is 14.4 Å². The van der Waals surface area contributed by atoms with E-state index >= 15 is 0 Å². The minimum atomic E-state index is -0.673. The van der Waals surface area contributed by atoms with Gasteiger partial charge in [-0.1, -0.05) is 5.10 Å². The van der Waals surface area contributed by atoms with E-state index in [0.29, 0.717) is 5.03 Å². The molecule has 19 heavy (non-hydrogen) atoms. The summed E-state index contributed by atoms with van der Waals surface area (Å²) in [4.78, 5) is 19.1. The molecule has 9 heteroatoms. The Morgan fingerprint density at radius 1 is 1.47 bits per heavy atom. The molecule has 0 aliphatic carbocycles. The average Bonchev–Trinajstić information content (AvgIpc) is 2.88. The van der Waals surface area contributed by atoms with Crippen LogP contribution in [0.25, 0.3) is 0 Å². The van der Waals surface area contributed by atoms with Gasteiger partial charge < -0.3 is 9.15 Å². The van der Waals surface area contributed by atoms with Crippen LogP contribution in [0, 0.1) is 11.3 Å². The quantitative estimate of drug-likeness (QED) is 0.756. The van der Waals surface area contributed by atoms with Crippen molar-refractivity contribution in [1.82, 2.24) is 20.2 Å². The van der Waals surface area contributed by atoms with Crippen LogP contribution in [0.2, 0.25) is 0 Å².